The quantitative estimate of drug-likeness (QED) is 0.709. The number of hydrogen-bond acceptors (Lipinski definition) is 5. The van der Waals surface area contributed by atoms with Crippen molar-refractivity contribution in [3.63, 3.8) is 0 Å². The van der Waals surface area contributed by atoms with E-state index < -0.39 is 0 Å². The van der Waals surface area contributed by atoms with E-state index >= 15 is 0 Å². The van der Waals surface area contributed by atoms with E-state index in [2.05, 4.69) is 20.3 Å². The lowest BCUT2D eigenvalue weighted by molar-refractivity contribution is 0.0951. The third-order valence-electron chi connectivity index (χ3n) is 5.03. The molecule has 1 aliphatic heterocycles. The summed E-state index contributed by atoms with van der Waals surface area (Å²) in [5.74, 6) is 0.691. The van der Waals surface area contributed by atoms with E-state index in [1.165, 1.54) is 0 Å². The Morgan fingerprint density at radius 3 is 2.96 bits per heavy atom. The molecule has 0 spiro atoms. The zero-order valence-corrected chi connectivity index (χ0v) is 15.6. The van der Waals surface area contributed by atoms with Crippen molar-refractivity contribution >= 4 is 22.9 Å². The molecule has 2 aromatic heterocycles. The minimum absolute atomic E-state index is 0.134. The fourth-order valence-electron chi connectivity index (χ4n) is 3.49. The normalized spacial score (nSPS) is 17.0. The molecular weight excluding hydrogens is 344 g/mol. The minimum Gasteiger partial charge on any atom is -0.391 e. The van der Waals surface area contributed by atoms with E-state index in [9.17, 15) is 9.90 Å². The molecule has 1 aliphatic rings. The molecule has 8 heteroatoms. The predicted molar refractivity (Wildman–Crippen MR) is 103 cm³/mol. The van der Waals surface area contributed by atoms with Gasteiger partial charge in [0.05, 0.1) is 23.3 Å². The van der Waals surface area contributed by atoms with Crippen molar-refractivity contribution in [3.8, 4) is 0 Å². The number of rotatable bonds is 5. The van der Waals surface area contributed by atoms with Crippen LogP contribution in [-0.4, -0.2) is 49.5 Å². The Balaban J connectivity index is 1.51. The van der Waals surface area contributed by atoms with Gasteiger partial charge in [0.2, 0.25) is 5.95 Å². The van der Waals surface area contributed by atoms with E-state index in [-0.39, 0.29) is 12.0 Å². The van der Waals surface area contributed by atoms with Crippen LogP contribution in [0.4, 0.5) is 5.95 Å². The maximum absolute atomic E-state index is 12.5. The van der Waals surface area contributed by atoms with Gasteiger partial charge in [-0.3, -0.25) is 9.48 Å². The second kappa shape index (κ2) is 7.03. The van der Waals surface area contributed by atoms with Crippen LogP contribution in [0, 0.1) is 0 Å². The summed E-state index contributed by atoms with van der Waals surface area (Å²) < 4.78 is 3.84. The minimum atomic E-state index is -0.303. The Labute approximate surface area is 157 Å². The first-order valence-electron chi connectivity index (χ1n) is 9.24. The highest BCUT2D eigenvalue weighted by atomic mass is 16.3. The van der Waals surface area contributed by atoms with Gasteiger partial charge in [0, 0.05) is 50.6 Å². The summed E-state index contributed by atoms with van der Waals surface area (Å²) >= 11 is 0. The number of nitrogens with one attached hydrogen (secondary N) is 1. The van der Waals surface area contributed by atoms with Crippen LogP contribution in [0.5, 0.6) is 0 Å². The molecule has 142 valence electrons. The summed E-state index contributed by atoms with van der Waals surface area (Å²) in [6, 6.07) is 5.55. The first kappa shape index (κ1) is 17.5. The number of carbonyl (C=O) groups excluding carboxylic acids is 1. The number of carbonyl (C=O) groups is 1. The second-order valence-corrected chi connectivity index (χ2v) is 6.95. The number of hydrogen-bond donors (Lipinski definition) is 2. The largest absolute Gasteiger partial charge is 0.391 e. The lowest BCUT2D eigenvalue weighted by atomic mass is 10.2. The summed E-state index contributed by atoms with van der Waals surface area (Å²) in [4.78, 5) is 19.3. The van der Waals surface area contributed by atoms with Crippen LogP contribution in [0.1, 0.15) is 29.3 Å². The van der Waals surface area contributed by atoms with Crippen LogP contribution in [0.2, 0.25) is 0 Å². The number of fused-ring (bicyclic) bond motifs is 1. The maximum Gasteiger partial charge on any atom is 0.251 e. The van der Waals surface area contributed by atoms with Crippen molar-refractivity contribution < 1.29 is 9.90 Å². The van der Waals surface area contributed by atoms with E-state index in [4.69, 9.17) is 0 Å². The number of amides is 1. The van der Waals surface area contributed by atoms with Gasteiger partial charge in [-0.05, 0) is 31.5 Å². The Kier molecular flexibility index (Phi) is 4.57. The molecule has 0 unspecified atom stereocenters. The highest BCUT2D eigenvalue weighted by Gasteiger charge is 2.24. The fraction of sp³-hybridized carbons (Fsp3) is 0.421. The average molecular weight is 368 g/mol. The fourth-order valence-corrected chi connectivity index (χ4v) is 3.49. The number of aliphatic hydroxyl groups is 1. The van der Waals surface area contributed by atoms with Gasteiger partial charge in [0.25, 0.3) is 5.91 Å². The van der Waals surface area contributed by atoms with E-state index in [1.807, 2.05) is 47.6 Å². The van der Waals surface area contributed by atoms with Crippen molar-refractivity contribution in [1.82, 2.24) is 24.6 Å². The van der Waals surface area contributed by atoms with Crippen LogP contribution in [0.3, 0.4) is 0 Å². The zero-order chi connectivity index (χ0) is 19.0. The number of aromatic nitrogens is 4. The molecule has 1 amide bonds. The maximum atomic E-state index is 12.5. The Morgan fingerprint density at radius 2 is 2.26 bits per heavy atom. The number of β-amino-alcohol motifs (C(OH)–C–C–N with tert-alkyl or cyclic N) is 1. The highest BCUT2D eigenvalue weighted by molar-refractivity contribution is 5.97. The molecule has 1 saturated heterocycles. The van der Waals surface area contributed by atoms with Gasteiger partial charge in [-0.2, -0.15) is 5.10 Å². The van der Waals surface area contributed by atoms with Crippen LogP contribution >= 0.6 is 0 Å². The van der Waals surface area contributed by atoms with Crippen LogP contribution in [-0.2, 0) is 20.1 Å². The lowest BCUT2D eigenvalue weighted by Gasteiger charge is -2.16. The van der Waals surface area contributed by atoms with Crippen LogP contribution in [0.15, 0.2) is 30.6 Å². The molecular formula is C19H24N6O2. The SMILES string of the molecule is CCn1cc(CNC(=O)c2ccc3c(c2)nc(N2CC[C@H](O)C2)n3C)cn1. The number of imidazole rings is 1. The van der Waals surface area contributed by atoms with Gasteiger partial charge in [-0.15, -0.1) is 0 Å². The van der Waals surface area contributed by atoms with Gasteiger partial charge in [0.15, 0.2) is 0 Å². The molecule has 4 rings (SSSR count). The first-order chi connectivity index (χ1) is 13.0. The van der Waals surface area contributed by atoms with Gasteiger partial charge in [-0.1, -0.05) is 0 Å². The number of anilines is 1. The number of benzene rings is 1. The Bertz CT molecular complexity index is 976. The molecule has 0 aliphatic carbocycles. The average Bonchev–Trinajstić information content (AvgIpc) is 3.38. The van der Waals surface area contributed by atoms with Crippen molar-refractivity contribution in [2.45, 2.75) is 32.5 Å². The topological polar surface area (TPSA) is 88.2 Å². The van der Waals surface area contributed by atoms with E-state index in [0.717, 1.165) is 42.1 Å². The predicted octanol–water partition coefficient (Wildman–Crippen LogP) is 1.29. The molecule has 0 bridgehead atoms. The molecule has 8 nitrogen and oxygen atoms in total. The number of aliphatic hydroxyl groups excluding tert-OH is 1. The molecule has 1 fully saturated rings. The van der Waals surface area contributed by atoms with E-state index in [0.29, 0.717) is 18.7 Å². The van der Waals surface area contributed by atoms with Crippen molar-refractivity contribution in [2.75, 3.05) is 18.0 Å². The third-order valence-corrected chi connectivity index (χ3v) is 5.03. The highest BCUT2D eigenvalue weighted by Crippen LogP contribution is 2.25. The molecule has 0 saturated carbocycles. The summed E-state index contributed by atoms with van der Waals surface area (Å²) in [6.07, 6.45) is 4.15. The summed E-state index contributed by atoms with van der Waals surface area (Å²) in [6.45, 7) is 4.65. The second-order valence-electron chi connectivity index (χ2n) is 6.95. The lowest BCUT2D eigenvalue weighted by Crippen LogP contribution is -2.24. The Morgan fingerprint density at radius 1 is 1.41 bits per heavy atom. The van der Waals surface area contributed by atoms with Gasteiger partial charge in [-0.25, -0.2) is 4.98 Å². The van der Waals surface area contributed by atoms with Gasteiger partial charge < -0.3 is 19.9 Å². The van der Waals surface area contributed by atoms with Gasteiger partial charge in [0.1, 0.15) is 0 Å². The van der Waals surface area contributed by atoms with Crippen molar-refractivity contribution in [3.05, 3.63) is 41.7 Å². The molecule has 1 atom stereocenters. The number of aryl methyl sites for hydroxylation is 2. The molecule has 3 heterocycles. The zero-order valence-electron chi connectivity index (χ0n) is 15.6. The molecule has 0 radical (unpaired) electrons. The van der Waals surface area contributed by atoms with Crippen LogP contribution < -0.4 is 10.2 Å². The van der Waals surface area contributed by atoms with Crippen molar-refractivity contribution in [2.24, 2.45) is 7.05 Å². The standard InChI is InChI=1S/C19H24N6O2/c1-3-25-11-13(10-21-25)9-20-18(27)14-4-5-17-16(8-14)22-19(23(17)2)24-7-6-15(26)12-24/h4-5,8,10-11,15,26H,3,6-7,9,12H2,1-2H3,(H,20,27)/t15-/m0/s1. The monoisotopic (exact) mass is 368 g/mol. The molecule has 2 N–H and O–H groups in total. The first-order valence-corrected chi connectivity index (χ1v) is 9.24. The van der Waals surface area contributed by atoms with E-state index in [1.54, 1.807) is 6.20 Å². The molecule has 1 aromatic carbocycles. The smallest absolute Gasteiger partial charge is 0.251 e. The Hall–Kier alpha value is -2.87. The summed E-state index contributed by atoms with van der Waals surface area (Å²) in [7, 11) is 1.96. The number of nitrogens with zero attached hydrogens (tertiary/aromatic N) is 5. The van der Waals surface area contributed by atoms with Gasteiger partial charge >= 0.3 is 0 Å². The van der Waals surface area contributed by atoms with Crippen LogP contribution in [0.25, 0.3) is 11.0 Å². The summed E-state index contributed by atoms with van der Waals surface area (Å²) in [5, 5.41) is 16.9. The molecule has 27 heavy (non-hydrogen) atoms. The summed E-state index contributed by atoms with van der Waals surface area (Å²) in [5.41, 5.74) is 3.29. The molecule has 3 aromatic rings. The van der Waals surface area contributed by atoms with Crippen molar-refractivity contribution in [1.29, 1.82) is 0 Å². The third kappa shape index (κ3) is 3.40.